The molecule has 98 valence electrons. The van der Waals surface area contributed by atoms with Gasteiger partial charge in [0.2, 0.25) is 0 Å². The molecule has 1 saturated carbocycles. The molecule has 1 aliphatic carbocycles. The predicted octanol–water partition coefficient (Wildman–Crippen LogP) is -0.0115. The standard InChI is InChI=1S/C12H20O5/c1-3-4-5-8-6-12(16,11(15)17-2)7-9(13)10(8)14/h3,8-10,13-14,16H,1,4-7H2,2H3. The first kappa shape index (κ1) is 14.2. The summed E-state index contributed by atoms with van der Waals surface area (Å²) >= 11 is 0. The van der Waals surface area contributed by atoms with E-state index in [9.17, 15) is 20.1 Å². The van der Waals surface area contributed by atoms with Crippen molar-refractivity contribution in [1.82, 2.24) is 0 Å². The minimum Gasteiger partial charge on any atom is -0.467 e. The first-order valence-corrected chi connectivity index (χ1v) is 5.72. The monoisotopic (exact) mass is 244 g/mol. The van der Waals surface area contributed by atoms with Gasteiger partial charge in [0.15, 0.2) is 5.60 Å². The fourth-order valence-electron chi connectivity index (χ4n) is 2.38. The Morgan fingerprint density at radius 3 is 2.71 bits per heavy atom. The molecular formula is C12H20O5. The molecule has 0 aromatic heterocycles. The van der Waals surface area contributed by atoms with Crippen LogP contribution in [0, 0.1) is 5.92 Å². The van der Waals surface area contributed by atoms with Gasteiger partial charge in [-0.05, 0) is 25.2 Å². The van der Waals surface area contributed by atoms with Crippen molar-refractivity contribution in [3.63, 3.8) is 0 Å². The Labute approximate surface area is 101 Å². The van der Waals surface area contributed by atoms with Crippen molar-refractivity contribution in [1.29, 1.82) is 0 Å². The van der Waals surface area contributed by atoms with Crippen molar-refractivity contribution in [3.05, 3.63) is 12.7 Å². The lowest BCUT2D eigenvalue weighted by Gasteiger charge is -2.40. The molecule has 0 aliphatic heterocycles. The Hall–Kier alpha value is -0.910. The Balaban J connectivity index is 2.78. The molecule has 5 nitrogen and oxygen atoms in total. The molecule has 5 heteroatoms. The summed E-state index contributed by atoms with van der Waals surface area (Å²) in [6, 6.07) is 0. The van der Waals surface area contributed by atoms with Crippen LogP contribution in [-0.2, 0) is 9.53 Å². The molecular weight excluding hydrogens is 224 g/mol. The van der Waals surface area contributed by atoms with Crippen molar-refractivity contribution in [3.8, 4) is 0 Å². The molecule has 17 heavy (non-hydrogen) atoms. The van der Waals surface area contributed by atoms with E-state index >= 15 is 0 Å². The fourth-order valence-corrected chi connectivity index (χ4v) is 2.38. The van der Waals surface area contributed by atoms with Gasteiger partial charge in [-0.25, -0.2) is 4.79 Å². The van der Waals surface area contributed by atoms with Gasteiger partial charge in [0.05, 0.1) is 19.3 Å². The first-order chi connectivity index (χ1) is 7.94. The van der Waals surface area contributed by atoms with Gasteiger partial charge in [-0.3, -0.25) is 0 Å². The lowest BCUT2D eigenvalue weighted by molar-refractivity contribution is -0.182. The second-order valence-electron chi connectivity index (χ2n) is 4.62. The largest absolute Gasteiger partial charge is 0.467 e. The minimum absolute atomic E-state index is 0.103. The van der Waals surface area contributed by atoms with Gasteiger partial charge in [-0.1, -0.05) is 6.08 Å². The topological polar surface area (TPSA) is 87.0 Å². The zero-order valence-electron chi connectivity index (χ0n) is 10.0. The van der Waals surface area contributed by atoms with Crippen molar-refractivity contribution in [2.45, 2.75) is 43.5 Å². The number of esters is 1. The van der Waals surface area contributed by atoms with Gasteiger partial charge < -0.3 is 20.1 Å². The van der Waals surface area contributed by atoms with Crippen molar-refractivity contribution in [2.24, 2.45) is 5.92 Å². The maximum absolute atomic E-state index is 11.5. The van der Waals surface area contributed by atoms with Crippen LogP contribution in [0.3, 0.4) is 0 Å². The highest BCUT2D eigenvalue weighted by Gasteiger charge is 2.48. The van der Waals surface area contributed by atoms with E-state index in [1.807, 2.05) is 0 Å². The summed E-state index contributed by atoms with van der Waals surface area (Å²) in [7, 11) is 1.19. The van der Waals surface area contributed by atoms with Crippen LogP contribution in [-0.4, -0.2) is 46.2 Å². The fraction of sp³-hybridized carbons (Fsp3) is 0.750. The molecule has 0 bridgehead atoms. The smallest absolute Gasteiger partial charge is 0.337 e. The Morgan fingerprint density at radius 1 is 1.53 bits per heavy atom. The number of ether oxygens (including phenoxy) is 1. The van der Waals surface area contributed by atoms with Crippen LogP contribution in [0.1, 0.15) is 25.7 Å². The highest BCUT2D eigenvalue weighted by atomic mass is 16.5. The average Bonchev–Trinajstić information content (AvgIpc) is 2.31. The van der Waals surface area contributed by atoms with E-state index in [1.54, 1.807) is 6.08 Å². The third-order valence-corrected chi connectivity index (χ3v) is 3.33. The van der Waals surface area contributed by atoms with E-state index in [4.69, 9.17) is 0 Å². The van der Waals surface area contributed by atoms with E-state index in [0.717, 1.165) is 0 Å². The number of aliphatic hydroxyl groups excluding tert-OH is 2. The van der Waals surface area contributed by atoms with Crippen LogP contribution < -0.4 is 0 Å². The molecule has 0 spiro atoms. The minimum atomic E-state index is -1.70. The third-order valence-electron chi connectivity index (χ3n) is 3.33. The highest BCUT2D eigenvalue weighted by Crippen LogP contribution is 2.36. The quantitative estimate of drug-likeness (QED) is 0.478. The van der Waals surface area contributed by atoms with Crippen molar-refractivity contribution >= 4 is 5.97 Å². The van der Waals surface area contributed by atoms with E-state index in [2.05, 4.69) is 11.3 Å². The summed E-state index contributed by atoms with van der Waals surface area (Å²) in [6.07, 6.45) is 0.817. The SMILES string of the molecule is C=CCCC1CC(O)(C(=O)OC)CC(O)C1O. The summed E-state index contributed by atoms with van der Waals surface area (Å²) < 4.78 is 4.53. The summed E-state index contributed by atoms with van der Waals surface area (Å²) in [5, 5.41) is 29.6. The van der Waals surface area contributed by atoms with Crippen LogP contribution in [0.15, 0.2) is 12.7 Å². The van der Waals surface area contributed by atoms with Crippen molar-refractivity contribution < 1.29 is 24.9 Å². The molecule has 4 atom stereocenters. The number of hydrogen-bond donors (Lipinski definition) is 3. The van der Waals surface area contributed by atoms with Gasteiger partial charge in [-0.2, -0.15) is 0 Å². The molecule has 0 amide bonds. The zero-order valence-corrected chi connectivity index (χ0v) is 10.0. The summed E-state index contributed by atoms with van der Waals surface area (Å²) in [5.41, 5.74) is -1.70. The molecule has 1 fully saturated rings. The molecule has 3 N–H and O–H groups in total. The van der Waals surface area contributed by atoms with Crippen LogP contribution in [0.2, 0.25) is 0 Å². The summed E-state index contributed by atoms with van der Waals surface area (Å²) in [6.45, 7) is 3.58. The van der Waals surface area contributed by atoms with Gasteiger partial charge in [0.1, 0.15) is 0 Å². The molecule has 4 unspecified atom stereocenters. The van der Waals surface area contributed by atoms with E-state index < -0.39 is 23.8 Å². The molecule has 0 saturated heterocycles. The number of carbonyl (C=O) groups is 1. The number of aliphatic hydroxyl groups is 3. The molecule has 0 aromatic rings. The molecule has 1 rings (SSSR count). The highest BCUT2D eigenvalue weighted by molar-refractivity contribution is 5.79. The number of rotatable bonds is 4. The Morgan fingerprint density at radius 2 is 2.18 bits per heavy atom. The predicted molar refractivity (Wildman–Crippen MR) is 61.1 cm³/mol. The second-order valence-corrected chi connectivity index (χ2v) is 4.62. The maximum atomic E-state index is 11.5. The molecule has 0 aromatic carbocycles. The third kappa shape index (κ3) is 3.06. The van der Waals surface area contributed by atoms with Gasteiger partial charge >= 0.3 is 5.97 Å². The Bertz CT molecular complexity index is 291. The van der Waals surface area contributed by atoms with Gasteiger partial charge in [0, 0.05) is 6.42 Å². The van der Waals surface area contributed by atoms with Crippen molar-refractivity contribution in [2.75, 3.05) is 7.11 Å². The number of hydrogen-bond acceptors (Lipinski definition) is 5. The summed E-state index contributed by atoms with van der Waals surface area (Å²) in [5.74, 6) is -1.09. The van der Waals surface area contributed by atoms with E-state index in [-0.39, 0.29) is 18.8 Å². The normalized spacial score (nSPS) is 37.5. The maximum Gasteiger partial charge on any atom is 0.337 e. The molecule has 0 radical (unpaired) electrons. The zero-order chi connectivity index (χ0) is 13.1. The lowest BCUT2D eigenvalue weighted by Crippen LogP contribution is -2.54. The second kappa shape index (κ2) is 5.62. The number of methoxy groups -OCH3 is 1. The summed E-state index contributed by atoms with van der Waals surface area (Å²) in [4.78, 5) is 11.5. The van der Waals surface area contributed by atoms with Crippen LogP contribution in [0.4, 0.5) is 0 Å². The van der Waals surface area contributed by atoms with Crippen LogP contribution in [0.5, 0.6) is 0 Å². The first-order valence-electron chi connectivity index (χ1n) is 5.72. The van der Waals surface area contributed by atoms with Gasteiger partial charge in [-0.15, -0.1) is 6.58 Å². The average molecular weight is 244 g/mol. The molecule has 1 aliphatic rings. The lowest BCUT2D eigenvalue weighted by atomic mass is 9.73. The number of carbonyl (C=O) groups excluding carboxylic acids is 1. The Kier molecular flexibility index (Phi) is 4.68. The van der Waals surface area contributed by atoms with Gasteiger partial charge in [0.25, 0.3) is 0 Å². The van der Waals surface area contributed by atoms with Crippen LogP contribution >= 0.6 is 0 Å². The van der Waals surface area contributed by atoms with Crippen LogP contribution in [0.25, 0.3) is 0 Å². The van der Waals surface area contributed by atoms with E-state index in [0.29, 0.717) is 12.8 Å². The molecule has 0 heterocycles. The van der Waals surface area contributed by atoms with E-state index in [1.165, 1.54) is 7.11 Å². The number of allylic oxidation sites excluding steroid dienone is 1.